The van der Waals surface area contributed by atoms with Crippen molar-refractivity contribution in [1.29, 1.82) is 0 Å². The molecule has 0 bridgehead atoms. The number of aromatic hydroxyl groups is 1. The first-order valence-corrected chi connectivity index (χ1v) is 9.41. The van der Waals surface area contributed by atoms with E-state index in [-0.39, 0.29) is 11.6 Å². The van der Waals surface area contributed by atoms with Gasteiger partial charge in [-0.25, -0.2) is 9.36 Å². The summed E-state index contributed by atoms with van der Waals surface area (Å²) >= 11 is 1.64. The second-order valence-electron chi connectivity index (χ2n) is 6.36. The average Bonchev–Trinajstić information content (AvgIpc) is 3.31. The Labute approximate surface area is 163 Å². The van der Waals surface area contributed by atoms with Crippen LogP contribution in [-0.2, 0) is 0 Å². The lowest BCUT2D eigenvalue weighted by atomic mass is 10.1. The molecule has 0 amide bonds. The molecule has 0 aliphatic carbocycles. The second-order valence-corrected chi connectivity index (χ2v) is 7.68. The van der Waals surface area contributed by atoms with Crippen LogP contribution < -0.4 is 21.4 Å². The van der Waals surface area contributed by atoms with Gasteiger partial charge in [-0.2, -0.15) is 5.10 Å². The van der Waals surface area contributed by atoms with Gasteiger partial charge in [0.15, 0.2) is 0 Å². The van der Waals surface area contributed by atoms with E-state index in [4.69, 9.17) is 4.74 Å². The number of methoxy groups -OCH3 is 1. The van der Waals surface area contributed by atoms with Crippen LogP contribution in [0.15, 0.2) is 51.1 Å². The Morgan fingerprint density at radius 1 is 1.25 bits per heavy atom. The van der Waals surface area contributed by atoms with Gasteiger partial charge in [0, 0.05) is 16.2 Å². The number of para-hydroxylation sites is 2. The molecule has 1 aromatic carbocycles. The molecule has 28 heavy (non-hydrogen) atoms. The molecule has 8 nitrogen and oxygen atoms in total. The summed E-state index contributed by atoms with van der Waals surface area (Å²) in [4.78, 5) is 29.4. The molecular formula is C19H18N4O4S. The summed E-state index contributed by atoms with van der Waals surface area (Å²) in [6, 6.07) is 10.7. The number of ether oxygens (including phenoxy) is 1. The van der Waals surface area contributed by atoms with Gasteiger partial charge in [-0.05, 0) is 31.2 Å². The van der Waals surface area contributed by atoms with Crippen molar-refractivity contribution in [2.75, 3.05) is 7.11 Å². The maximum Gasteiger partial charge on any atom is 0.335 e. The molecule has 1 aliphatic heterocycles. The van der Waals surface area contributed by atoms with Crippen LogP contribution in [0.4, 0.5) is 0 Å². The van der Waals surface area contributed by atoms with E-state index in [1.807, 2.05) is 19.1 Å². The van der Waals surface area contributed by atoms with Crippen molar-refractivity contribution in [1.82, 2.24) is 15.0 Å². The molecule has 0 spiro atoms. The minimum Gasteiger partial charge on any atom is -0.495 e. The number of benzene rings is 1. The summed E-state index contributed by atoms with van der Waals surface area (Å²) in [5.41, 5.74) is 2.24. The molecule has 1 atom stereocenters. The van der Waals surface area contributed by atoms with E-state index in [0.29, 0.717) is 23.6 Å². The largest absolute Gasteiger partial charge is 0.495 e. The number of hydrogen-bond donors (Lipinski definition) is 3. The zero-order valence-electron chi connectivity index (χ0n) is 15.2. The molecule has 3 aromatic rings. The third-order valence-corrected chi connectivity index (χ3v) is 5.67. The third-order valence-electron chi connectivity index (χ3n) is 4.56. The molecule has 0 saturated carbocycles. The molecular weight excluding hydrogens is 380 g/mol. The highest BCUT2D eigenvalue weighted by atomic mass is 32.1. The number of hydrogen-bond acceptors (Lipinski definition) is 7. The summed E-state index contributed by atoms with van der Waals surface area (Å²) in [6.45, 7) is 2.02. The van der Waals surface area contributed by atoms with Crippen LogP contribution in [0.25, 0.3) is 5.69 Å². The molecule has 9 heteroatoms. The van der Waals surface area contributed by atoms with Crippen LogP contribution in [-0.4, -0.2) is 27.5 Å². The van der Waals surface area contributed by atoms with Crippen molar-refractivity contribution in [3.05, 3.63) is 72.6 Å². The first-order chi connectivity index (χ1) is 13.5. The quantitative estimate of drug-likeness (QED) is 0.623. The Morgan fingerprint density at radius 2 is 2.04 bits per heavy atom. The van der Waals surface area contributed by atoms with Crippen molar-refractivity contribution in [3.63, 3.8) is 0 Å². The minimum absolute atomic E-state index is 0.0335. The van der Waals surface area contributed by atoms with Crippen molar-refractivity contribution < 1.29 is 9.84 Å². The van der Waals surface area contributed by atoms with E-state index in [2.05, 4.69) is 15.5 Å². The van der Waals surface area contributed by atoms with E-state index in [1.54, 1.807) is 35.6 Å². The number of nitrogens with one attached hydrogen (secondary N) is 2. The summed E-state index contributed by atoms with van der Waals surface area (Å²) in [5.74, 6) is -0.0851. The predicted octanol–water partition coefficient (Wildman–Crippen LogP) is 2.05. The minimum atomic E-state index is -0.757. The molecule has 2 aromatic heterocycles. The topological polar surface area (TPSA) is 109 Å². The van der Waals surface area contributed by atoms with Gasteiger partial charge in [0.2, 0.25) is 5.88 Å². The Balaban J connectivity index is 1.79. The lowest BCUT2D eigenvalue weighted by Crippen LogP contribution is -2.33. The smallest absolute Gasteiger partial charge is 0.335 e. The fourth-order valence-electron chi connectivity index (χ4n) is 3.23. The number of aromatic nitrogens is 2. The highest BCUT2D eigenvalue weighted by Crippen LogP contribution is 2.31. The predicted molar refractivity (Wildman–Crippen MR) is 107 cm³/mol. The monoisotopic (exact) mass is 398 g/mol. The molecule has 1 aliphatic rings. The molecule has 3 N–H and O–H groups in total. The Bertz CT molecular complexity index is 1190. The zero-order chi connectivity index (χ0) is 19.8. The SMILES string of the molecule is COc1ccccc1-n1c(O)c(C2=NN[C@@H](c3ccc(C)s3)C2)c(=O)[nH]c1=O. The zero-order valence-corrected chi connectivity index (χ0v) is 16.0. The maximum absolute atomic E-state index is 12.5. The van der Waals surface area contributed by atoms with Gasteiger partial charge in [-0.3, -0.25) is 9.78 Å². The first-order valence-electron chi connectivity index (χ1n) is 8.60. The fourth-order valence-corrected chi connectivity index (χ4v) is 4.15. The van der Waals surface area contributed by atoms with Gasteiger partial charge in [0.1, 0.15) is 11.3 Å². The van der Waals surface area contributed by atoms with E-state index < -0.39 is 17.1 Å². The molecule has 0 radical (unpaired) electrons. The van der Waals surface area contributed by atoms with E-state index in [1.165, 1.54) is 12.0 Å². The summed E-state index contributed by atoms with van der Waals surface area (Å²) < 4.78 is 6.29. The van der Waals surface area contributed by atoms with Crippen LogP contribution in [0.2, 0.25) is 0 Å². The maximum atomic E-state index is 12.5. The highest BCUT2D eigenvalue weighted by molar-refractivity contribution is 7.12. The Morgan fingerprint density at radius 3 is 2.75 bits per heavy atom. The standard InChI is InChI=1S/C19H18N4O4S/c1-10-7-8-15(28-10)11-9-12(22-21-11)16-17(24)20-19(26)23(18(16)25)13-5-3-4-6-14(13)27-2/h3-8,11,21,25H,9H2,1-2H3,(H,20,24,26)/t11-/m1/s1. The number of hydrazone groups is 1. The van der Waals surface area contributed by atoms with Gasteiger partial charge in [-0.1, -0.05) is 12.1 Å². The first kappa shape index (κ1) is 18.1. The number of rotatable bonds is 4. The second kappa shape index (κ2) is 7.01. The number of H-pyrrole nitrogens is 1. The van der Waals surface area contributed by atoms with Crippen LogP contribution in [0.1, 0.15) is 27.8 Å². The summed E-state index contributed by atoms with van der Waals surface area (Å²) in [5, 5.41) is 15.1. The summed E-state index contributed by atoms with van der Waals surface area (Å²) in [7, 11) is 1.46. The van der Waals surface area contributed by atoms with Gasteiger partial charge < -0.3 is 15.3 Å². The van der Waals surface area contributed by atoms with Crippen molar-refractivity contribution >= 4 is 17.0 Å². The lowest BCUT2D eigenvalue weighted by Gasteiger charge is -2.14. The van der Waals surface area contributed by atoms with Crippen molar-refractivity contribution in [3.8, 4) is 17.3 Å². The van der Waals surface area contributed by atoms with Crippen molar-refractivity contribution in [2.45, 2.75) is 19.4 Å². The third kappa shape index (κ3) is 2.99. The summed E-state index contributed by atoms with van der Waals surface area (Å²) in [6.07, 6.45) is 0.417. The number of thiophene rings is 1. The number of aryl methyl sites for hydroxylation is 1. The lowest BCUT2D eigenvalue weighted by molar-refractivity contribution is 0.401. The molecule has 3 heterocycles. The van der Waals surface area contributed by atoms with E-state index >= 15 is 0 Å². The van der Waals surface area contributed by atoms with Crippen LogP contribution in [0.5, 0.6) is 11.6 Å². The molecule has 144 valence electrons. The number of aromatic amines is 1. The van der Waals surface area contributed by atoms with Crippen molar-refractivity contribution in [2.24, 2.45) is 5.10 Å². The molecule has 0 unspecified atom stereocenters. The van der Waals surface area contributed by atoms with E-state index in [0.717, 1.165) is 9.44 Å². The van der Waals surface area contributed by atoms with Crippen LogP contribution >= 0.6 is 11.3 Å². The Hall–Kier alpha value is -3.33. The van der Waals surface area contributed by atoms with Crippen LogP contribution in [0, 0.1) is 6.92 Å². The molecule has 0 fully saturated rings. The van der Waals surface area contributed by atoms with Crippen LogP contribution in [0.3, 0.4) is 0 Å². The fraction of sp³-hybridized carbons (Fsp3) is 0.211. The molecule has 0 saturated heterocycles. The van der Waals surface area contributed by atoms with Gasteiger partial charge in [-0.15, -0.1) is 11.3 Å². The average molecular weight is 398 g/mol. The van der Waals surface area contributed by atoms with E-state index in [9.17, 15) is 14.7 Å². The molecule has 4 rings (SSSR count). The van der Waals surface area contributed by atoms with Gasteiger partial charge in [0.05, 0.1) is 24.6 Å². The number of nitrogens with zero attached hydrogens (tertiary/aromatic N) is 2. The van der Waals surface area contributed by atoms with Gasteiger partial charge in [0.25, 0.3) is 5.56 Å². The Kier molecular flexibility index (Phi) is 4.52. The normalized spacial score (nSPS) is 15.9. The van der Waals surface area contributed by atoms with Gasteiger partial charge >= 0.3 is 5.69 Å². The highest BCUT2D eigenvalue weighted by Gasteiger charge is 2.28.